The molecular formula is C7H10N4O3. The smallest absolute Gasteiger partial charge is 0.311 e. The molecule has 0 saturated carbocycles. The number of pyridine rings is 1. The Morgan fingerprint density at radius 3 is 2.71 bits per heavy atom. The van der Waals surface area contributed by atoms with Gasteiger partial charge in [-0.15, -0.1) is 0 Å². The van der Waals surface area contributed by atoms with Crippen LogP contribution in [0.1, 0.15) is 5.69 Å². The highest BCUT2D eigenvalue weighted by Crippen LogP contribution is 2.18. The third kappa shape index (κ3) is 2.38. The molecule has 5 N–H and O–H groups in total. The maximum Gasteiger partial charge on any atom is 0.311 e. The number of nitrogens with zero attached hydrogens (tertiary/aromatic N) is 2. The lowest BCUT2D eigenvalue weighted by atomic mass is 10.2. The van der Waals surface area contributed by atoms with Gasteiger partial charge in [-0.2, -0.15) is 0 Å². The molecule has 7 nitrogen and oxygen atoms in total. The summed E-state index contributed by atoms with van der Waals surface area (Å²) in [5.41, 5.74) is 10.6. The minimum absolute atomic E-state index is 0.113. The monoisotopic (exact) mass is 198 g/mol. The molecule has 0 amide bonds. The van der Waals surface area contributed by atoms with Gasteiger partial charge in [0.2, 0.25) is 5.82 Å². The van der Waals surface area contributed by atoms with E-state index in [1.165, 1.54) is 12.1 Å². The van der Waals surface area contributed by atoms with Crippen molar-refractivity contribution < 1.29 is 10.0 Å². The van der Waals surface area contributed by atoms with Crippen LogP contribution in [0, 0.1) is 10.1 Å². The molecule has 0 radical (unpaired) electrons. The molecule has 0 saturated heterocycles. The van der Waals surface area contributed by atoms with Gasteiger partial charge in [0.25, 0.3) is 0 Å². The van der Waals surface area contributed by atoms with Crippen molar-refractivity contribution in [1.82, 2.24) is 4.98 Å². The van der Waals surface area contributed by atoms with Gasteiger partial charge in [-0.3, -0.25) is 10.1 Å². The first-order valence-electron chi connectivity index (χ1n) is 3.84. The van der Waals surface area contributed by atoms with E-state index in [1.807, 2.05) is 0 Å². The maximum absolute atomic E-state index is 10.4. The van der Waals surface area contributed by atoms with E-state index >= 15 is 0 Å². The first-order valence-corrected chi connectivity index (χ1v) is 3.84. The number of nitro groups is 1. The summed E-state index contributed by atoms with van der Waals surface area (Å²) in [6.45, 7) is 0. The van der Waals surface area contributed by atoms with Gasteiger partial charge in [0.15, 0.2) is 0 Å². The summed E-state index contributed by atoms with van der Waals surface area (Å²) in [6, 6.07) is 2.64. The summed E-state index contributed by atoms with van der Waals surface area (Å²) in [6.07, 6.45) is -0.925. The third-order valence-corrected chi connectivity index (χ3v) is 1.58. The fourth-order valence-electron chi connectivity index (χ4n) is 0.992. The number of anilines is 1. The Kier molecular flexibility index (Phi) is 2.95. The first-order chi connectivity index (χ1) is 6.50. The molecule has 1 heterocycles. The molecule has 1 unspecified atom stereocenters. The summed E-state index contributed by atoms with van der Waals surface area (Å²) >= 11 is 0. The highest BCUT2D eigenvalue weighted by molar-refractivity contribution is 5.52. The average molecular weight is 198 g/mol. The van der Waals surface area contributed by atoms with Gasteiger partial charge in [0.1, 0.15) is 6.23 Å². The molecule has 1 atom stereocenters. The lowest BCUT2D eigenvalue weighted by Crippen LogP contribution is -2.22. The minimum atomic E-state index is -1.04. The maximum atomic E-state index is 10.4. The van der Waals surface area contributed by atoms with Crippen molar-refractivity contribution in [2.75, 3.05) is 5.73 Å². The van der Waals surface area contributed by atoms with Gasteiger partial charge in [-0.1, -0.05) is 0 Å². The fourth-order valence-corrected chi connectivity index (χ4v) is 0.992. The van der Waals surface area contributed by atoms with Crippen LogP contribution in [-0.4, -0.2) is 21.2 Å². The largest absolute Gasteiger partial charge is 0.378 e. The molecular weight excluding hydrogens is 188 g/mol. The van der Waals surface area contributed by atoms with E-state index in [2.05, 4.69) is 4.98 Å². The normalized spacial score (nSPS) is 12.4. The molecule has 0 aliphatic carbocycles. The second-order valence-corrected chi connectivity index (χ2v) is 2.74. The topological polar surface area (TPSA) is 128 Å². The molecule has 1 rings (SSSR count). The van der Waals surface area contributed by atoms with Gasteiger partial charge < -0.3 is 16.6 Å². The van der Waals surface area contributed by atoms with Crippen LogP contribution < -0.4 is 11.5 Å². The molecule has 14 heavy (non-hydrogen) atoms. The predicted octanol–water partition coefficient (Wildman–Crippen LogP) is -0.608. The third-order valence-electron chi connectivity index (χ3n) is 1.58. The van der Waals surface area contributed by atoms with E-state index < -0.39 is 11.2 Å². The SMILES string of the molecule is Nc1nc(CC(N)O)ccc1[N+](=O)[O-]. The molecule has 0 fully saturated rings. The van der Waals surface area contributed by atoms with E-state index in [9.17, 15) is 10.1 Å². The number of rotatable bonds is 3. The Bertz CT molecular complexity index is 353. The van der Waals surface area contributed by atoms with Crippen LogP contribution in [0.2, 0.25) is 0 Å². The fraction of sp³-hybridized carbons (Fsp3) is 0.286. The van der Waals surface area contributed by atoms with Crippen molar-refractivity contribution in [3.8, 4) is 0 Å². The van der Waals surface area contributed by atoms with Crippen molar-refractivity contribution in [1.29, 1.82) is 0 Å². The summed E-state index contributed by atoms with van der Waals surface area (Å²) in [5, 5.41) is 19.2. The predicted molar refractivity (Wildman–Crippen MR) is 49.2 cm³/mol. The zero-order valence-electron chi connectivity index (χ0n) is 7.25. The molecule has 0 bridgehead atoms. The van der Waals surface area contributed by atoms with Crippen LogP contribution in [0.5, 0.6) is 0 Å². The van der Waals surface area contributed by atoms with Crippen LogP contribution in [0.4, 0.5) is 11.5 Å². The van der Waals surface area contributed by atoms with Gasteiger partial charge in [0, 0.05) is 18.2 Å². The van der Waals surface area contributed by atoms with Crippen molar-refractivity contribution in [2.24, 2.45) is 5.73 Å². The van der Waals surface area contributed by atoms with Gasteiger partial charge >= 0.3 is 5.69 Å². The zero-order chi connectivity index (χ0) is 10.7. The summed E-state index contributed by atoms with van der Waals surface area (Å²) < 4.78 is 0. The summed E-state index contributed by atoms with van der Waals surface area (Å²) in [4.78, 5) is 13.5. The molecule has 7 heteroatoms. The number of nitrogens with two attached hydrogens (primary N) is 2. The highest BCUT2D eigenvalue weighted by atomic mass is 16.6. The van der Waals surface area contributed by atoms with Gasteiger partial charge in [-0.25, -0.2) is 4.98 Å². The van der Waals surface area contributed by atoms with E-state index in [0.29, 0.717) is 5.69 Å². The summed E-state index contributed by atoms with van der Waals surface area (Å²) in [5.74, 6) is -0.173. The van der Waals surface area contributed by atoms with Crippen LogP contribution in [0.15, 0.2) is 12.1 Å². The lowest BCUT2D eigenvalue weighted by Gasteiger charge is -2.04. The number of hydrogen-bond donors (Lipinski definition) is 3. The van der Waals surface area contributed by atoms with E-state index in [4.69, 9.17) is 16.6 Å². The molecule has 0 aliphatic heterocycles. The van der Waals surface area contributed by atoms with Gasteiger partial charge in [-0.05, 0) is 6.07 Å². The van der Waals surface area contributed by atoms with Crippen LogP contribution in [0.25, 0.3) is 0 Å². The quantitative estimate of drug-likeness (QED) is 0.337. The zero-order valence-corrected chi connectivity index (χ0v) is 7.25. The lowest BCUT2D eigenvalue weighted by molar-refractivity contribution is -0.384. The molecule has 0 spiro atoms. The molecule has 0 aromatic carbocycles. The van der Waals surface area contributed by atoms with Crippen LogP contribution in [-0.2, 0) is 6.42 Å². The summed E-state index contributed by atoms with van der Waals surface area (Å²) in [7, 11) is 0. The van der Waals surface area contributed by atoms with E-state index in [1.54, 1.807) is 0 Å². The number of nitrogen functional groups attached to an aromatic ring is 1. The highest BCUT2D eigenvalue weighted by Gasteiger charge is 2.13. The number of aromatic nitrogens is 1. The van der Waals surface area contributed by atoms with E-state index in [-0.39, 0.29) is 17.9 Å². The van der Waals surface area contributed by atoms with Gasteiger partial charge in [0.05, 0.1) is 4.92 Å². The van der Waals surface area contributed by atoms with Crippen molar-refractivity contribution in [3.63, 3.8) is 0 Å². The molecule has 76 valence electrons. The standard InChI is InChI=1S/C7H10N4O3/c8-6(12)3-4-1-2-5(11(13)14)7(9)10-4/h1-2,6,12H,3,8H2,(H2,9,10). The molecule has 0 aliphatic rings. The Labute approximate surface area is 79.5 Å². The van der Waals surface area contributed by atoms with Crippen molar-refractivity contribution in [3.05, 3.63) is 27.9 Å². The Balaban J connectivity index is 2.94. The Morgan fingerprint density at radius 1 is 1.64 bits per heavy atom. The second kappa shape index (κ2) is 3.99. The molecule has 1 aromatic rings. The van der Waals surface area contributed by atoms with Crippen molar-refractivity contribution in [2.45, 2.75) is 12.6 Å². The van der Waals surface area contributed by atoms with Crippen LogP contribution in [0.3, 0.4) is 0 Å². The van der Waals surface area contributed by atoms with E-state index in [0.717, 1.165) is 0 Å². The first kappa shape index (κ1) is 10.4. The van der Waals surface area contributed by atoms with Crippen LogP contribution >= 0.6 is 0 Å². The number of aliphatic hydroxyl groups is 1. The molecule has 1 aromatic heterocycles. The second-order valence-electron chi connectivity index (χ2n) is 2.74. The number of aliphatic hydroxyl groups excluding tert-OH is 1. The minimum Gasteiger partial charge on any atom is -0.378 e. The number of hydrogen-bond acceptors (Lipinski definition) is 6. The average Bonchev–Trinajstić information content (AvgIpc) is 2.01. The van der Waals surface area contributed by atoms with Crippen molar-refractivity contribution >= 4 is 11.5 Å². The Hall–Kier alpha value is -1.73. The Morgan fingerprint density at radius 2 is 2.29 bits per heavy atom.